The van der Waals surface area contributed by atoms with E-state index >= 15 is 0 Å². The summed E-state index contributed by atoms with van der Waals surface area (Å²) in [7, 11) is 1.74. The van der Waals surface area contributed by atoms with E-state index in [0.29, 0.717) is 29.6 Å². The Balaban J connectivity index is 0.00000338. The number of likely N-dealkylation sites (tertiary alicyclic amines) is 1. The monoisotopic (exact) mass is 494 g/mol. The summed E-state index contributed by atoms with van der Waals surface area (Å²) in [5, 5.41) is 6.82. The Morgan fingerprint density at radius 3 is 2.73 bits per heavy atom. The molecular weight excluding hydrogens is 467 g/mol. The molecule has 1 aromatic carbocycles. The van der Waals surface area contributed by atoms with Crippen molar-refractivity contribution in [2.24, 2.45) is 10.9 Å². The molecule has 1 fully saturated rings. The second-order valence-corrected chi connectivity index (χ2v) is 6.49. The Bertz CT molecular complexity index is 583. The maximum atomic E-state index is 12.1. The molecule has 0 radical (unpaired) electrons. The number of ether oxygens (including phenoxy) is 1. The number of hydrogen-bond acceptors (Lipinski definition) is 3. The average molecular weight is 495 g/mol. The molecule has 2 N–H and O–H groups in total. The van der Waals surface area contributed by atoms with Crippen molar-refractivity contribution in [3.8, 4) is 0 Å². The Morgan fingerprint density at radius 1 is 1.35 bits per heavy atom. The molecule has 1 aliphatic rings. The summed E-state index contributed by atoms with van der Waals surface area (Å²) < 4.78 is 5.25. The first kappa shape index (κ1) is 23.0. The minimum atomic E-state index is -0.113. The molecule has 0 spiro atoms. The number of halogens is 2. The molecule has 0 aliphatic carbocycles. The van der Waals surface area contributed by atoms with Crippen LogP contribution in [0.3, 0.4) is 0 Å². The molecule has 0 aromatic heterocycles. The molecule has 1 aromatic rings. The molecule has 146 valence electrons. The molecule has 0 saturated carbocycles. The Kier molecular flexibility index (Phi) is 10.9. The Hall–Kier alpha value is -1.06. The quantitative estimate of drug-likeness (QED) is 0.265. The molecule has 1 aliphatic heterocycles. The van der Waals surface area contributed by atoms with Crippen LogP contribution in [-0.2, 0) is 4.74 Å². The maximum Gasteiger partial charge on any atom is 0.251 e. The van der Waals surface area contributed by atoms with Crippen LogP contribution in [0.1, 0.15) is 23.7 Å². The molecule has 1 atom stereocenters. The zero-order valence-electron chi connectivity index (χ0n) is 15.3. The molecule has 8 heteroatoms. The van der Waals surface area contributed by atoms with Gasteiger partial charge in [0.1, 0.15) is 0 Å². The summed E-state index contributed by atoms with van der Waals surface area (Å²) in [6.07, 6.45) is 1.12. The molecule has 1 saturated heterocycles. The van der Waals surface area contributed by atoms with Gasteiger partial charge in [0.2, 0.25) is 0 Å². The average Bonchev–Trinajstić information content (AvgIpc) is 3.07. The molecular formula is C18H28ClIN4O2. The van der Waals surface area contributed by atoms with Crippen molar-refractivity contribution < 1.29 is 9.53 Å². The van der Waals surface area contributed by atoms with Crippen molar-refractivity contribution >= 4 is 47.4 Å². The molecule has 6 nitrogen and oxygen atoms in total. The SMILES string of the molecule is CCNC(=NCCNC(=O)c1ccc(Cl)cc1)N1CCC(COC)C1.I. The van der Waals surface area contributed by atoms with Crippen molar-refractivity contribution in [1.29, 1.82) is 0 Å². The topological polar surface area (TPSA) is 66.0 Å². The number of benzene rings is 1. The largest absolute Gasteiger partial charge is 0.384 e. The number of nitrogens with zero attached hydrogens (tertiary/aromatic N) is 2. The zero-order chi connectivity index (χ0) is 18.1. The highest BCUT2D eigenvalue weighted by Crippen LogP contribution is 2.16. The van der Waals surface area contributed by atoms with Crippen LogP contribution in [0, 0.1) is 5.92 Å². The van der Waals surface area contributed by atoms with E-state index in [1.807, 2.05) is 0 Å². The van der Waals surface area contributed by atoms with Gasteiger partial charge in [0.25, 0.3) is 5.91 Å². The third kappa shape index (κ3) is 7.28. The Labute approximate surface area is 177 Å². The third-order valence-corrected chi connectivity index (χ3v) is 4.34. The van der Waals surface area contributed by atoms with Crippen LogP contribution in [0.15, 0.2) is 29.3 Å². The second kappa shape index (κ2) is 12.3. The summed E-state index contributed by atoms with van der Waals surface area (Å²) in [6.45, 7) is 6.63. The number of aliphatic imine (C=N–C) groups is 1. The standard InChI is InChI=1S/C18H27ClN4O2.HI/c1-3-20-18(23-11-8-14(12-23)13-25-2)22-10-9-21-17(24)15-4-6-16(19)7-5-15;/h4-7,14H,3,8-13H2,1-2H3,(H,20,22)(H,21,24);1H. The van der Waals surface area contributed by atoms with Gasteiger partial charge in [-0.2, -0.15) is 0 Å². The van der Waals surface area contributed by atoms with E-state index in [1.165, 1.54) is 0 Å². The van der Waals surface area contributed by atoms with Gasteiger partial charge in [-0.1, -0.05) is 11.6 Å². The molecule has 2 rings (SSSR count). The lowest BCUT2D eigenvalue weighted by Crippen LogP contribution is -2.40. The van der Waals surface area contributed by atoms with Crippen LogP contribution in [0.4, 0.5) is 0 Å². The molecule has 0 bridgehead atoms. The number of guanidine groups is 1. The summed E-state index contributed by atoms with van der Waals surface area (Å²) in [6, 6.07) is 6.85. The minimum absolute atomic E-state index is 0. The van der Waals surface area contributed by atoms with E-state index in [9.17, 15) is 4.79 Å². The van der Waals surface area contributed by atoms with Gasteiger partial charge in [0, 0.05) is 49.8 Å². The van der Waals surface area contributed by atoms with Gasteiger partial charge in [-0.15, -0.1) is 24.0 Å². The highest BCUT2D eigenvalue weighted by Gasteiger charge is 2.24. The normalized spacial score (nSPS) is 17.0. The van der Waals surface area contributed by atoms with Crippen LogP contribution < -0.4 is 10.6 Å². The van der Waals surface area contributed by atoms with E-state index in [4.69, 9.17) is 16.3 Å². The maximum absolute atomic E-state index is 12.1. The smallest absolute Gasteiger partial charge is 0.251 e. The molecule has 1 amide bonds. The van der Waals surface area contributed by atoms with Gasteiger partial charge < -0.3 is 20.3 Å². The summed E-state index contributed by atoms with van der Waals surface area (Å²) >= 11 is 5.83. The number of hydrogen-bond donors (Lipinski definition) is 2. The fourth-order valence-corrected chi connectivity index (χ4v) is 2.98. The first-order valence-corrected chi connectivity index (χ1v) is 9.07. The number of methoxy groups -OCH3 is 1. The highest BCUT2D eigenvalue weighted by molar-refractivity contribution is 14.0. The van der Waals surface area contributed by atoms with Crippen molar-refractivity contribution in [2.45, 2.75) is 13.3 Å². The van der Waals surface area contributed by atoms with E-state index in [0.717, 1.165) is 38.6 Å². The van der Waals surface area contributed by atoms with Gasteiger partial charge in [-0.3, -0.25) is 9.79 Å². The van der Waals surface area contributed by atoms with Crippen molar-refractivity contribution in [1.82, 2.24) is 15.5 Å². The predicted octanol–water partition coefficient (Wildman–Crippen LogP) is 2.62. The predicted molar refractivity (Wildman–Crippen MR) is 117 cm³/mol. The van der Waals surface area contributed by atoms with Crippen LogP contribution in [0.5, 0.6) is 0 Å². The number of amides is 1. The Morgan fingerprint density at radius 2 is 2.08 bits per heavy atom. The molecule has 26 heavy (non-hydrogen) atoms. The fraction of sp³-hybridized carbons (Fsp3) is 0.556. The number of carbonyl (C=O) groups excluding carboxylic acids is 1. The molecule has 1 heterocycles. The summed E-state index contributed by atoms with van der Waals surface area (Å²) in [4.78, 5) is 18.9. The zero-order valence-corrected chi connectivity index (χ0v) is 18.4. The number of rotatable bonds is 7. The van der Waals surface area contributed by atoms with Crippen molar-refractivity contribution in [3.05, 3.63) is 34.9 Å². The van der Waals surface area contributed by atoms with E-state index < -0.39 is 0 Å². The van der Waals surface area contributed by atoms with Gasteiger partial charge >= 0.3 is 0 Å². The second-order valence-electron chi connectivity index (χ2n) is 6.05. The van der Waals surface area contributed by atoms with E-state index in [-0.39, 0.29) is 29.9 Å². The summed E-state index contributed by atoms with van der Waals surface area (Å²) in [5.41, 5.74) is 0.599. The van der Waals surface area contributed by atoms with Crippen LogP contribution in [0.25, 0.3) is 0 Å². The fourth-order valence-electron chi connectivity index (χ4n) is 2.86. The number of nitrogens with one attached hydrogen (secondary N) is 2. The summed E-state index contributed by atoms with van der Waals surface area (Å²) in [5.74, 6) is 1.35. The third-order valence-electron chi connectivity index (χ3n) is 4.09. The van der Waals surface area contributed by atoms with Gasteiger partial charge in [0.15, 0.2) is 5.96 Å². The van der Waals surface area contributed by atoms with E-state index in [2.05, 4.69) is 27.4 Å². The van der Waals surface area contributed by atoms with Gasteiger partial charge in [-0.05, 0) is 37.6 Å². The lowest BCUT2D eigenvalue weighted by atomic mass is 10.1. The van der Waals surface area contributed by atoms with Crippen LogP contribution in [-0.4, -0.2) is 63.2 Å². The van der Waals surface area contributed by atoms with Gasteiger partial charge in [0.05, 0.1) is 13.2 Å². The van der Waals surface area contributed by atoms with Crippen LogP contribution >= 0.6 is 35.6 Å². The number of carbonyl (C=O) groups is 1. The van der Waals surface area contributed by atoms with Crippen molar-refractivity contribution in [2.75, 3.05) is 46.4 Å². The first-order chi connectivity index (χ1) is 12.1. The molecule has 1 unspecified atom stereocenters. The van der Waals surface area contributed by atoms with Crippen LogP contribution in [0.2, 0.25) is 5.02 Å². The van der Waals surface area contributed by atoms with Crippen molar-refractivity contribution in [3.63, 3.8) is 0 Å². The van der Waals surface area contributed by atoms with Gasteiger partial charge in [-0.25, -0.2) is 0 Å². The lowest BCUT2D eigenvalue weighted by molar-refractivity contribution is 0.0955. The van der Waals surface area contributed by atoms with E-state index in [1.54, 1.807) is 31.4 Å². The lowest BCUT2D eigenvalue weighted by Gasteiger charge is -2.21. The minimum Gasteiger partial charge on any atom is -0.384 e. The first-order valence-electron chi connectivity index (χ1n) is 8.70. The highest BCUT2D eigenvalue weighted by atomic mass is 127.